The summed E-state index contributed by atoms with van der Waals surface area (Å²) in [4.78, 5) is 11.5. The molecule has 90 valence electrons. The number of ether oxygens (including phenoxy) is 1. The van der Waals surface area contributed by atoms with Gasteiger partial charge in [-0.25, -0.2) is 4.79 Å². The summed E-state index contributed by atoms with van der Waals surface area (Å²) >= 11 is 0. The average molecular weight is 216 g/mol. The number of hydrogen-bond acceptors (Lipinski definition) is 3. The minimum absolute atomic E-state index is 0.267. The molecule has 0 aromatic heterocycles. The predicted molar refractivity (Wildman–Crippen MR) is 61.7 cm³/mol. The third-order valence-electron chi connectivity index (χ3n) is 2.28. The predicted octanol–water partition coefficient (Wildman–Crippen LogP) is 2.03. The van der Waals surface area contributed by atoms with E-state index in [1.54, 1.807) is 0 Å². The van der Waals surface area contributed by atoms with Crippen molar-refractivity contribution >= 4 is 6.09 Å². The lowest BCUT2D eigenvalue weighted by Gasteiger charge is -2.30. The Morgan fingerprint density at radius 3 is 2.20 bits per heavy atom. The number of alkyl carbamates (subject to hydrolysis) is 1. The first-order valence-corrected chi connectivity index (χ1v) is 5.43. The van der Waals surface area contributed by atoms with E-state index in [1.165, 1.54) is 0 Å². The molecule has 0 aliphatic rings. The van der Waals surface area contributed by atoms with Gasteiger partial charge in [-0.15, -0.1) is 0 Å². The van der Waals surface area contributed by atoms with Crippen LogP contribution in [0.1, 0.15) is 47.5 Å². The highest BCUT2D eigenvalue weighted by atomic mass is 16.6. The smallest absolute Gasteiger partial charge is 0.408 e. The standard InChI is InChI=1S/C11H24N2O2/c1-6-11(5,7-8-12)13-9(14)15-10(2,3)4/h6-8,12H2,1-5H3,(H,13,14). The normalized spacial score (nSPS) is 15.6. The lowest BCUT2D eigenvalue weighted by atomic mass is 9.95. The largest absolute Gasteiger partial charge is 0.444 e. The molecule has 4 nitrogen and oxygen atoms in total. The molecule has 0 spiro atoms. The fourth-order valence-electron chi connectivity index (χ4n) is 1.20. The Balaban J connectivity index is 4.24. The highest BCUT2D eigenvalue weighted by Crippen LogP contribution is 2.15. The van der Waals surface area contributed by atoms with Gasteiger partial charge in [0, 0.05) is 5.54 Å². The summed E-state index contributed by atoms with van der Waals surface area (Å²) in [6, 6.07) is 0. The van der Waals surface area contributed by atoms with Crippen molar-refractivity contribution in [3.63, 3.8) is 0 Å². The maximum Gasteiger partial charge on any atom is 0.408 e. The monoisotopic (exact) mass is 216 g/mol. The van der Waals surface area contributed by atoms with Crippen LogP contribution in [-0.2, 0) is 4.74 Å². The van der Waals surface area contributed by atoms with Gasteiger partial charge in [0.2, 0.25) is 0 Å². The van der Waals surface area contributed by atoms with Crippen molar-refractivity contribution < 1.29 is 9.53 Å². The molecule has 0 bridgehead atoms. The first-order chi connectivity index (χ1) is 6.72. The molecule has 1 unspecified atom stereocenters. The van der Waals surface area contributed by atoms with Gasteiger partial charge in [-0.3, -0.25) is 0 Å². The molecule has 0 fully saturated rings. The van der Waals surface area contributed by atoms with E-state index in [-0.39, 0.29) is 11.6 Å². The van der Waals surface area contributed by atoms with Crippen molar-refractivity contribution in [3.05, 3.63) is 0 Å². The number of amides is 1. The van der Waals surface area contributed by atoms with E-state index in [4.69, 9.17) is 10.5 Å². The second-order valence-electron chi connectivity index (χ2n) is 5.08. The molecule has 0 aromatic carbocycles. The third-order valence-corrected chi connectivity index (χ3v) is 2.28. The van der Waals surface area contributed by atoms with E-state index < -0.39 is 5.60 Å². The maximum atomic E-state index is 11.5. The number of carbonyl (C=O) groups is 1. The minimum atomic E-state index is -0.457. The molecule has 4 heteroatoms. The first kappa shape index (κ1) is 14.2. The van der Waals surface area contributed by atoms with E-state index in [2.05, 4.69) is 5.32 Å². The van der Waals surface area contributed by atoms with E-state index >= 15 is 0 Å². The number of nitrogens with two attached hydrogens (primary N) is 1. The molecule has 0 saturated heterocycles. The van der Waals surface area contributed by atoms with Gasteiger partial charge in [-0.2, -0.15) is 0 Å². The Morgan fingerprint density at radius 1 is 1.33 bits per heavy atom. The molecule has 0 aliphatic heterocycles. The van der Waals surface area contributed by atoms with Crippen molar-refractivity contribution in [2.24, 2.45) is 5.73 Å². The quantitative estimate of drug-likeness (QED) is 0.755. The molecular formula is C11H24N2O2. The van der Waals surface area contributed by atoms with Gasteiger partial charge in [-0.1, -0.05) is 6.92 Å². The third kappa shape index (κ3) is 6.33. The van der Waals surface area contributed by atoms with Gasteiger partial charge in [0.15, 0.2) is 0 Å². The highest BCUT2D eigenvalue weighted by Gasteiger charge is 2.26. The van der Waals surface area contributed by atoms with Gasteiger partial charge < -0.3 is 15.8 Å². The van der Waals surface area contributed by atoms with Crippen molar-refractivity contribution in [1.82, 2.24) is 5.32 Å². The minimum Gasteiger partial charge on any atom is -0.444 e. The lowest BCUT2D eigenvalue weighted by molar-refractivity contribution is 0.0457. The molecule has 0 heterocycles. The van der Waals surface area contributed by atoms with Crippen LogP contribution in [0, 0.1) is 0 Å². The molecule has 15 heavy (non-hydrogen) atoms. The van der Waals surface area contributed by atoms with Crippen LogP contribution in [0.25, 0.3) is 0 Å². The van der Waals surface area contributed by atoms with E-state index in [9.17, 15) is 4.79 Å². The van der Waals surface area contributed by atoms with E-state index in [0.717, 1.165) is 12.8 Å². The van der Waals surface area contributed by atoms with Crippen LogP contribution in [-0.4, -0.2) is 23.8 Å². The second kappa shape index (κ2) is 5.35. The Bertz CT molecular complexity index is 211. The highest BCUT2D eigenvalue weighted by molar-refractivity contribution is 5.68. The molecule has 1 amide bonds. The van der Waals surface area contributed by atoms with Gasteiger partial charge >= 0.3 is 6.09 Å². The summed E-state index contributed by atoms with van der Waals surface area (Å²) in [5.41, 5.74) is 4.78. The number of rotatable bonds is 4. The van der Waals surface area contributed by atoms with Gasteiger partial charge in [0.1, 0.15) is 5.60 Å². The van der Waals surface area contributed by atoms with Gasteiger partial charge in [0.05, 0.1) is 0 Å². The topological polar surface area (TPSA) is 64.3 Å². The zero-order valence-electron chi connectivity index (χ0n) is 10.5. The molecule has 0 aromatic rings. The number of hydrogen-bond donors (Lipinski definition) is 2. The average Bonchev–Trinajstić information content (AvgIpc) is 2.00. The molecule has 0 radical (unpaired) electrons. The van der Waals surface area contributed by atoms with E-state index in [0.29, 0.717) is 6.54 Å². The summed E-state index contributed by atoms with van der Waals surface area (Å²) in [7, 11) is 0. The second-order valence-corrected chi connectivity index (χ2v) is 5.08. The van der Waals surface area contributed by atoms with Crippen LogP contribution >= 0.6 is 0 Å². The Kier molecular flexibility index (Phi) is 5.08. The summed E-state index contributed by atoms with van der Waals surface area (Å²) < 4.78 is 5.19. The summed E-state index contributed by atoms with van der Waals surface area (Å²) in [6.45, 7) is 10.1. The van der Waals surface area contributed by atoms with Crippen LogP contribution < -0.4 is 11.1 Å². The molecule has 0 aliphatic carbocycles. The zero-order chi connectivity index (χ0) is 12.1. The fraction of sp³-hybridized carbons (Fsp3) is 0.909. The fourth-order valence-corrected chi connectivity index (χ4v) is 1.20. The summed E-state index contributed by atoms with van der Waals surface area (Å²) in [6.07, 6.45) is 1.21. The van der Waals surface area contributed by atoms with Gasteiger partial charge in [-0.05, 0) is 47.1 Å². The van der Waals surface area contributed by atoms with Crippen molar-refractivity contribution in [2.45, 2.75) is 58.6 Å². The van der Waals surface area contributed by atoms with Crippen LogP contribution in [0.5, 0.6) is 0 Å². The molecule has 0 saturated carbocycles. The van der Waals surface area contributed by atoms with Crippen molar-refractivity contribution in [3.8, 4) is 0 Å². The molecule has 1 atom stereocenters. The first-order valence-electron chi connectivity index (χ1n) is 5.43. The number of carbonyl (C=O) groups excluding carboxylic acids is 1. The molecule has 0 rings (SSSR count). The Labute approximate surface area is 92.6 Å². The molecule has 3 N–H and O–H groups in total. The SMILES string of the molecule is CCC(C)(CCN)NC(=O)OC(C)(C)C. The maximum absolute atomic E-state index is 11.5. The van der Waals surface area contributed by atoms with Crippen LogP contribution in [0.3, 0.4) is 0 Å². The van der Waals surface area contributed by atoms with Gasteiger partial charge in [0.25, 0.3) is 0 Å². The lowest BCUT2D eigenvalue weighted by Crippen LogP contribution is -2.48. The molecular weight excluding hydrogens is 192 g/mol. The van der Waals surface area contributed by atoms with Crippen molar-refractivity contribution in [1.29, 1.82) is 0 Å². The summed E-state index contributed by atoms with van der Waals surface area (Å²) in [5.74, 6) is 0. The Morgan fingerprint density at radius 2 is 1.87 bits per heavy atom. The van der Waals surface area contributed by atoms with Crippen molar-refractivity contribution in [2.75, 3.05) is 6.54 Å². The Hall–Kier alpha value is -0.770. The van der Waals surface area contributed by atoms with E-state index in [1.807, 2.05) is 34.6 Å². The van der Waals surface area contributed by atoms with Crippen LogP contribution in [0.4, 0.5) is 4.79 Å². The zero-order valence-corrected chi connectivity index (χ0v) is 10.5. The summed E-state index contributed by atoms with van der Waals surface area (Å²) in [5, 5.41) is 2.86. The number of nitrogens with one attached hydrogen (secondary N) is 1. The van der Waals surface area contributed by atoms with Crippen LogP contribution in [0.15, 0.2) is 0 Å². The van der Waals surface area contributed by atoms with Crippen LogP contribution in [0.2, 0.25) is 0 Å².